The normalized spacial score (nSPS) is 20.8. The van der Waals surface area contributed by atoms with Crippen molar-refractivity contribution in [3.8, 4) is 11.8 Å². The number of hydrogen-bond donors (Lipinski definition) is 2. The molecule has 1 saturated carbocycles. The van der Waals surface area contributed by atoms with Gasteiger partial charge in [0.25, 0.3) is 0 Å². The number of H-pyrrole nitrogens is 1. The molecule has 30 heavy (non-hydrogen) atoms. The molecule has 0 spiro atoms. The Kier molecular flexibility index (Phi) is 3.87. The number of nitrogens with one attached hydrogen (secondary N) is 1. The molecule has 0 bridgehead atoms. The summed E-state index contributed by atoms with van der Waals surface area (Å²) in [7, 11) is 1.64. The summed E-state index contributed by atoms with van der Waals surface area (Å²) in [6.07, 6.45) is 4.66. The highest BCUT2D eigenvalue weighted by Gasteiger charge is 2.53. The Balaban J connectivity index is 1.78. The zero-order valence-corrected chi connectivity index (χ0v) is 16.6. The van der Waals surface area contributed by atoms with Crippen molar-refractivity contribution >= 4 is 27.8 Å². The van der Waals surface area contributed by atoms with Gasteiger partial charge in [0.1, 0.15) is 5.75 Å². The van der Waals surface area contributed by atoms with Gasteiger partial charge in [-0.2, -0.15) is 10.4 Å². The number of nitrogens with zero attached hydrogens (tertiary/aromatic N) is 3. The zero-order valence-electron chi connectivity index (χ0n) is 16.6. The molecule has 1 aliphatic carbocycles. The number of rotatable bonds is 4. The maximum atomic E-state index is 11.7. The van der Waals surface area contributed by atoms with E-state index in [1.807, 2.05) is 42.2 Å². The van der Waals surface area contributed by atoms with Gasteiger partial charge in [-0.15, -0.1) is 0 Å². The number of hydrogen-bond acceptors (Lipinski definition) is 4. The Labute approximate surface area is 172 Å². The van der Waals surface area contributed by atoms with Crippen molar-refractivity contribution in [1.82, 2.24) is 14.8 Å². The lowest BCUT2D eigenvalue weighted by atomic mass is 9.63. The van der Waals surface area contributed by atoms with E-state index < -0.39 is 17.4 Å². The van der Waals surface area contributed by atoms with E-state index in [9.17, 15) is 15.2 Å². The van der Waals surface area contributed by atoms with Crippen LogP contribution in [0.4, 0.5) is 0 Å². The number of methoxy groups -OCH3 is 1. The molecule has 4 aromatic rings. The Morgan fingerprint density at radius 1 is 1.37 bits per heavy atom. The molecule has 0 aliphatic heterocycles. The van der Waals surface area contributed by atoms with Gasteiger partial charge in [0.15, 0.2) is 0 Å². The van der Waals surface area contributed by atoms with E-state index in [4.69, 9.17) is 9.84 Å². The second-order valence-electron chi connectivity index (χ2n) is 7.97. The summed E-state index contributed by atoms with van der Waals surface area (Å²) >= 11 is 0. The highest BCUT2D eigenvalue weighted by Crippen LogP contribution is 2.54. The first-order valence-electron chi connectivity index (χ1n) is 9.75. The fourth-order valence-corrected chi connectivity index (χ4v) is 4.76. The maximum absolute atomic E-state index is 11.7. The van der Waals surface area contributed by atoms with Crippen LogP contribution in [0.3, 0.4) is 0 Å². The smallest absolute Gasteiger partial charge is 0.306 e. The van der Waals surface area contributed by atoms with Crippen molar-refractivity contribution in [3.63, 3.8) is 0 Å². The van der Waals surface area contributed by atoms with Crippen LogP contribution in [0.15, 0.2) is 42.7 Å². The van der Waals surface area contributed by atoms with E-state index in [1.165, 1.54) is 0 Å². The van der Waals surface area contributed by atoms with Crippen molar-refractivity contribution in [3.05, 3.63) is 59.4 Å². The molecule has 0 radical (unpaired) electrons. The van der Waals surface area contributed by atoms with Crippen molar-refractivity contribution in [2.45, 2.75) is 25.3 Å². The van der Waals surface area contributed by atoms with Crippen LogP contribution in [0.5, 0.6) is 5.75 Å². The van der Waals surface area contributed by atoms with E-state index in [0.29, 0.717) is 23.9 Å². The van der Waals surface area contributed by atoms with Crippen molar-refractivity contribution < 1.29 is 14.6 Å². The zero-order chi connectivity index (χ0) is 21.0. The molecule has 5 rings (SSSR count). The number of aliphatic carboxylic acids is 1. The number of nitriles is 1. The van der Waals surface area contributed by atoms with E-state index in [2.05, 4.69) is 11.1 Å². The molecule has 7 nitrogen and oxygen atoms in total. The van der Waals surface area contributed by atoms with Gasteiger partial charge in [-0.25, -0.2) is 0 Å². The monoisotopic (exact) mass is 400 g/mol. The molecule has 0 amide bonds. The largest absolute Gasteiger partial charge is 0.496 e. The molecule has 0 saturated heterocycles. The lowest BCUT2D eigenvalue weighted by Gasteiger charge is -2.47. The van der Waals surface area contributed by atoms with Gasteiger partial charge in [-0.3, -0.25) is 9.48 Å². The SMILES string of the molecule is COc1cc(C)c2[nH]ccc2c1C1(n2cc3ccc(C#N)cc3n2)CC(C(=O)O)C1. The Morgan fingerprint density at radius 2 is 2.17 bits per heavy atom. The van der Waals surface area contributed by atoms with Crippen molar-refractivity contribution in [2.24, 2.45) is 5.92 Å². The van der Waals surface area contributed by atoms with Crippen molar-refractivity contribution in [2.75, 3.05) is 7.11 Å². The van der Waals surface area contributed by atoms with E-state index in [1.54, 1.807) is 19.2 Å². The number of benzene rings is 2. The summed E-state index contributed by atoms with van der Waals surface area (Å²) in [6.45, 7) is 2.02. The summed E-state index contributed by atoms with van der Waals surface area (Å²) < 4.78 is 7.64. The van der Waals surface area contributed by atoms with Gasteiger partial charge >= 0.3 is 5.97 Å². The molecule has 0 unspecified atom stereocenters. The van der Waals surface area contributed by atoms with Crippen LogP contribution in [0, 0.1) is 24.2 Å². The third-order valence-corrected chi connectivity index (χ3v) is 6.28. The Bertz CT molecular complexity index is 1350. The molecule has 2 aromatic heterocycles. The summed E-state index contributed by atoms with van der Waals surface area (Å²) in [5, 5.41) is 25.5. The standard InChI is InChI=1S/C23H20N4O3/c1-13-7-19(30-2)20(17-5-6-25-21(13)17)23(9-16(10-23)22(28)29)27-12-15-4-3-14(11-24)8-18(15)26-27/h3-8,12,16,25H,9-10H2,1-2H3,(H,28,29). The van der Waals surface area contributed by atoms with Crippen LogP contribution in [0.25, 0.3) is 21.8 Å². The quantitative estimate of drug-likeness (QED) is 0.540. The minimum Gasteiger partial charge on any atom is -0.496 e. The van der Waals surface area contributed by atoms with Gasteiger partial charge in [0.2, 0.25) is 0 Å². The highest BCUT2D eigenvalue weighted by molar-refractivity contribution is 5.90. The predicted octanol–water partition coefficient (Wildman–Crippen LogP) is 3.94. The minimum atomic E-state index is -0.800. The topological polar surface area (TPSA) is 104 Å². The van der Waals surface area contributed by atoms with E-state index in [0.717, 1.165) is 33.2 Å². The fraction of sp³-hybridized carbons (Fsp3) is 0.261. The van der Waals surface area contributed by atoms with Crippen LogP contribution in [-0.4, -0.2) is 33.0 Å². The highest BCUT2D eigenvalue weighted by atomic mass is 16.5. The van der Waals surface area contributed by atoms with Crippen LogP contribution >= 0.6 is 0 Å². The lowest BCUT2D eigenvalue weighted by Crippen LogP contribution is -2.50. The second-order valence-corrected chi connectivity index (χ2v) is 7.97. The van der Waals surface area contributed by atoms with Crippen LogP contribution in [-0.2, 0) is 10.3 Å². The fourth-order valence-electron chi connectivity index (χ4n) is 4.76. The average molecular weight is 400 g/mol. The van der Waals surface area contributed by atoms with Crippen molar-refractivity contribution in [1.29, 1.82) is 5.26 Å². The molecule has 1 aliphatic rings. The molecule has 150 valence electrons. The molecule has 2 heterocycles. The van der Waals surface area contributed by atoms with Gasteiger partial charge in [-0.05, 0) is 55.7 Å². The van der Waals surface area contributed by atoms with Crippen LogP contribution in [0.1, 0.15) is 29.5 Å². The minimum absolute atomic E-state index is 0.418. The molecule has 2 aromatic carbocycles. The summed E-state index contributed by atoms with van der Waals surface area (Å²) in [6, 6.07) is 11.5. The molecule has 0 atom stereocenters. The van der Waals surface area contributed by atoms with Gasteiger partial charge in [0, 0.05) is 34.2 Å². The third-order valence-electron chi connectivity index (χ3n) is 6.28. The molecule has 7 heteroatoms. The maximum Gasteiger partial charge on any atom is 0.306 e. The third kappa shape index (κ3) is 2.43. The number of carboxylic acids is 1. The summed E-state index contributed by atoms with van der Waals surface area (Å²) in [4.78, 5) is 15.0. The average Bonchev–Trinajstić information content (AvgIpc) is 3.34. The number of aromatic amines is 1. The first kappa shape index (κ1) is 18.3. The summed E-state index contributed by atoms with van der Waals surface area (Å²) in [5.41, 5.74) is 3.62. The van der Waals surface area contributed by atoms with Crippen LogP contribution in [0.2, 0.25) is 0 Å². The molecule has 2 N–H and O–H groups in total. The van der Waals surface area contributed by atoms with Crippen LogP contribution < -0.4 is 4.74 Å². The molecule has 1 fully saturated rings. The number of aryl methyl sites for hydroxylation is 1. The number of aromatic nitrogens is 3. The summed E-state index contributed by atoms with van der Waals surface area (Å²) in [5.74, 6) is -0.529. The number of ether oxygens (including phenoxy) is 1. The Morgan fingerprint density at radius 3 is 2.87 bits per heavy atom. The number of carbonyl (C=O) groups is 1. The predicted molar refractivity (Wildman–Crippen MR) is 111 cm³/mol. The van der Waals surface area contributed by atoms with Gasteiger partial charge in [-0.1, -0.05) is 0 Å². The van der Waals surface area contributed by atoms with Gasteiger partial charge < -0.3 is 14.8 Å². The van der Waals surface area contributed by atoms with E-state index >= 15 is 0 Å². The van der Waals surface area contributed by atoms with Gasteiger partial charge in [0.05, 0.1) is 35.7 Å². The Hall–Kier alpha value is -3.79. The van der Waals surface area contributed by atoms with E-state index in [-0.39, 0.29) is 0 Å². The second kappa shape index (κ2) is 6.36. The first-order valence-corrected chi connectivity index (χ1v) is 9.75. The number of carboxylic acid groups (broad SMARTS) is 1. The molecular weight excluding hydrogens is 380 g/mol. The molecular formula is C23H20N4O3. The first-order chi connectivity index (χ1) is 14.5. The number of fused-ring (bicyclic) bond motifs is 2. The lowest BCUT2D eigenvalue weighted by molar-refractivity contribution is -0.148.